The van der Waals surface area contributed by atoms with E-state index in [4.69, 9.17) is 4.98 Å². The Kier molecular flexibility index (Phi) is 14.2. The Bertz CT molecular complexity index is 6330. The molecule has 13 aromatic carbocycles. The lowest BCUT2D eigenvalue weighted by Crippen LogP contribution is -2.15. The first-order chi connectivity index (χ1) is 50.5. The van der Waals surface area contributed by atoms with Crippen molar-refractivity contribution in [3.8, 4) is 61.6 Å². The second kappa shape index (κ2) is 23.2. The third-order valence-electron chi connectivity index (χ3n) is 23.3. The molecular weight excluding hydrogens is 1270 g/mol. The summed E-state index contributed by atoms with van der Waals surface area (Å²) in [7, 11) is 0. The van der Waals surface area contributed by atoms with Crippen LogP contribution in [0.1, 0.15) is 151 Å². The highest BCUT2D eigenvalue weighted by Crippen LogP contribution is 2.60. The van der Waals surface area contributed by atoms with Crippen molar-refractivity contribution < 1.29 is 0 Å². The first-order valence-electron chi connectivity index (χ1n) is 37.6. The molecule has 4 heterocycles. The second-order valence-electron chi connectivity index (χ2n) is 34.1. The molecule has 2 unspecified atom stereocenters. The Labute approximate surface area is 616 Å². The minimum Gasteiger partial charge on any atom is -0.309 e. The summed E-state index contributed by atoms with van der Waals surface area (Å²) in [6.07, 6.45) is 2.58. The van der Waals surface area contributed by atoms with E-state index in [1.165, 1.54) is 116 Å². The molecule has 0 N–H and O–H groups in total. The van der Waals surface area contributed by atoms with Crippen LogP contribution in [0.15, 0.2) is 279 Å². The lowest BCUT2D eigenvalue weighted by atomic mass is 9.84. The Balaban J connectivity index is 1.02. The lowest BCUT2D eigenvalue weighted by molar-refractivity contribution is 0.590. The summed E-state index contributed by atoms with van der Waals surface area (Å²) >= 11 is 0. The van der Waals surface area contributed by atoms with Gasteiger partial charge in [-0.2, -0.15) is 0 Å². The SMILES string of the molecule is Cc1c(-n2c3ccc(C(C)(C)C)cc3c3cc(C(C)(C)C)ccc32)c(C2C3=Cc4ccc(-c5ccccc5)cc4C3c3cc(-c4ccccc4)ccc32)cc(-n2c3ccc(C(C)(C)C)cc3c3cc(C(C)(C)C)ccc32)c1-n1c2ccc(-c3ccccc3)cc2n2c3cc(-c4ccccc4)ccc3nc12. The Morgan fingerprint density at radius 2 is 0.676 bits per heavy atom. The van der Waals surface area contributed by atoms with Crippen LogP contribution < -0.4 is 0 Å². The van der Waals surface area contributed by atoms with Crippen molar-refractivity contribution in [1.29, 1.82) is 0 Å². The van der Waals surface area contributed by atoms with Gasteiger partial charge in [-0.1, -0.05) is 271 Å². The lowest BCUT2D eigenvalue weighted by Gasteiger charge is -2.28. The number of hydrogen-bond acceptors (Lipinski definition) is 1. The van der Waals surface area contributed by atoms with Crippen LogP contribution in [-0.2, 0) is 21.7 Å². The van der Waals surface area contributed by atoms with Crippen molar-refractivity contribution in [2.24, 2.45) is 0 Å². The predicted molar refractivity (Wildman–Crippen MR) is 444 cm³/mol. The summed E-state index contributed by atoms with van der Waals surface area (Å²) < 4.78 is 10.4. The molecule has 19 rings (SSSR count). The molecule has 5 heteroatoms. The molecular formula is C100H87N5. The highest BCUT2D eigenvalue weighted by atomic mass is 15.2. The van der Waals surface area contributed by atoms with E-state index >= 15 is 0 Å². The number of rotatable bonds is 8. The van der Waals surface area contributed by atoms with Crippen molar-refractivity contribution in [2.75, 3.05) is 0 Å². The summed E-state index contributed by atoms with van der Waals surface area (Å²) in [4.78, 5) is 5.95. The Morgan fingerprint density at radius 3 is 1.14 bits per heavy atom. The molecule has 105 heavy (non-hydrogen) atoms. The predicted octanol–water partition coefficient (Wildman–Crippen LogP) is 26.5. The van der Waals surface area contributed by atoms with Crippen LogP contribution >= 0.6 is 0 Å². The molecule has 17 aromatic rings. The average Bonchev–Trinajstić information content (AvgIpc) is 1.54. The van der Waals surface area contributed by atoms with Crippen LogP contribution in [0.4, 0.5) is 0 Å². The van der Waals surface area contributed by atoms with Gasteiger partial charge >= 0.3 is 0 Å². The molecule has 0 spiro atoms. The van der Waals surface area contributed by atoms with Gasteiger partial charge in [0.1, 0.15) is 0 Å². The minimum atomic E-state index is -0.201. The minimum absolute atomic E-state index is 0.0183. The summed E-state index contributed by atoms with van der Waals surface area (Å²) in [5.41, 5.74) is 35.5. The molecule has 2 aliphatic rings. The van der Waals surface area contributed by atoms with Crippen molar-refractivity contribution in [2.45, 2.75) is 124 Å². The fourth-order valence-electron chi connectivity index (χ4n) is 17.7. The maximum Gasteiger partial charge on any atom is 0.220 e. The third kappa shape index (κ3) is 10.2. The van der Waals surface area contributed by atoms with E-state index in [0.29, 0.717) is 0 Å². The van der Waals surface area contributed by atoms with Gasteiger partial charge in [0.15, 0.2) is 0 Å². The monoisotopic (exact) mass is 1360 g/mol. The van der Waals surface area contributed by atoms with Crippen LogP contribution in [0.2, 0.25) is 0 Å². The van der Waals surface area contributed by atoms with Gasteiger partial charge in [0.05, 0.1) is 61.2 Å². The molecule has 512 valence electrons. The van der Waals surface area contributed by atoms with E-state index in [2.05, 4.69) is 387 Å². The molecule has 0 saturated heterocycles. The summed E-state index contributed by atoms with van der Waals surface area (Å²) in [5, 5.41) is 4.98. The molecule has 0 aliphatic heterocycles. The van der Waals surface area contributed by atoms with Crippen LogP contribution in [0, 0.1) is 6.92 Å². The molecule has 0 amide bonds. The number of nitrogens with zero attached hydrogens (tertiary/aromatic N) is 5. The third-order valence-corrected chi connectivity index (χ3v) is 23.3. The average molecular weight is 1360 g/mol. The van der Waals surface area contributed by atoms with Crippen molar-refractivity contribution in [3.63, 3.8) is 0 Å². The summed E-state index contributed by atoms with van der Waals surface area (Å²) in [6, 6.07) is 104. The van der Waals surface area contributed by atoms with Gasteiger partial charge in [-0.3, -0.25) is 8.97 Å². The quantitative estimate of drug-likeness (QED) is 0.149. The molecule has 2 atom stereocenters. The van der Waals surface area contributed by atoms with Crippen LogP contribution in [0.3, 0.4) is 0 Å². The van der Waals surface area contributed by atoms with Gasteiger partial charge in [0.25, 0.3) is 0 Å². The van der Waals surface area contributed by atoms with Gasteiger partial charge < -0.3 is 9.13 Å². The van der Waals surface area contributed by atoms with Gasteiger partial charge in [0, 0.05) is 33.4 Å². The van der Waals surface area contributed by atoms with E-state index < -0.39 is 0 Å². The molecule has 0 saturated carbocycles. The van der Waals surface area contributed by atoms with Gasteiger partial charge in [0.2, 0.25) is 5.78 Å². The summed E-state index contributed by atoms with van der Waals surface area (Å²) in [5.74, 6) is 0.627. The first kappa shape index (κ1) is 64.3. The standard InChI is InChI=1S/C100H87N5/c1-60-94(103-86-48-41-72(99(8,9)10)57-78(86)79-58-73(100(11,12)13)42-49-87(79)103)82(92-74-43-36-66(62-28-20-15-21-29-62)51-80(74)93-75-50-65(61-26-18-14-19-27-61)34-35-69(75)52-81(92)93)59-91(102-84-46-39-70(97(2,3)4)55-76(84)77-56-71(98(5,6)7)40-47-85(77)102)95(60)105-88-45-38-68(64-32-24-17-25-33-64)54-90(88)104-89-53-67(63-30-22-16-23-31-63)37-44-83(89)101-96(104)105/h14-59,92-93H,1-13H3. The van der Waals surface area contributed by atoms with Gasteiger partial charge in [-0.25, -0.2) is 4.98 Å². The molecule has 2 aliphatic carbocycles. The number of hydrogen-bond donors (Lipinski definition) is 0. The fourth-order valence-corrected chi connectivity index (χ4v) is 17.7. The maximum absolute atomic E-state index is 5.95. The summed E-state index contributed by atoms with van der Waals surface area (Å²) in [6.45, 7) is 30.6. The van der Waals surface area contributed by atoms with Gasteiger partial charge in [-0.15, -0.1) is 0 Å². The highest BCUT2D eigenvalue weighted by molar-refractivity contribution is 6.12. The molecule has 0 radical (unpaired) electrons. The zero-order chi connectivity index (χ0) is 71.9. The highest BCUT2D eigenvalue weighted by Gasteiger charge is 2.44. The number of imidazole rings is 2. The van der Waals surface area contributed by atoms with Crippen molar-refractivity contribution in [3.05, 3.63) is 334 Å². The second-order valence-corrected chi connectivity index (χ2v) is 34.1. The number of benzene rings is 13. The molecule has 5 nitrogen and oxygen atoms in total. The van der Waals surface area contributed by atoms with Crippen molar-refractivity contribution in [1.82, 2.24) is 23.1 Å². The smallest absolute Gasteiger partial charge is 0.220 e. The zero-order valence-electron chi connectivity index (χ0n) is 62.4. The Hall–Kier alpha value is -11.5. The van der Waals surface area contributed by atoms with Crippen LogP contribution in [-0.4, -0.2) is 23.1 Å². The van der Waals surface area contributed by atoms with E-state index in [1.54, 1.807) is 0 Å². The molecule has 0 bridgehead atoms. The van der Waals surface area contributed by atoms with E-state index in [-0.39, 0.29) is 33.5 Å². The van der Waals surface area contributed by atoms with E-state index in [1.807, 2.05) is 0 Å². The number of aromatic nitrogens is 5. The van der Waals surface area contributed by atoms with Crippen LogP contribution in [0.5, 0.6) is 0 Å². The van der Waals surface area contributed by atoms with E-state index in [0.717, 1.165) is 78.1 Å². The van der Waals surface area contributed by atoms with E-state index in [9.17, 15) is 0 Å². The van der Waals surface area contributed by atoms with Crippen molar-refractivity contribution >= 4 is 77.5 Å². The first-order valence-corrected chi connectivity index (χ1v) is 37.6. The normalized spacial score (nSPS) is 14.8. The van der Waals surface area contributed by atoms with Gasteiger partial charge in [-0.05, 0) is 225 Å². The number of allylic oxidation sites excluding steroid dienone is 1. The Morgan fingerprint density at radius 1 is 0.286 bits per heavy atom. The zero-order valence-corrected chi connectivity index (χ0v) is 62.4. The van der Waals surface area contributed by atoms with Crippen LogP contribution in [0.25, 0.3) is 139 Å². The molecule has 0 fully saturated rings. The fraction of sp³-hybridized carbons (Fsp3) is 0.190. The number of fused-ring (bicyclic) bond motifs is 16. The molecule has 4 aromatic heterocycles. The largest absolute Gasteiger partial charge is 0.309 e. The topological polar surface area (TPSA) is 32.1 Å². The maximum atomic E-state index is 5.95.